The van der Waals surface area contributed by atoms with Gasteiger partial charge < -0.3 is 9.13 Å². The Morgan fingerprint density at radius 1 is 0.352 bits per heavy atom. The molecule has 0 atom stereocenters. The summed E-state index contributed by atoms with van der Waals surface area (Å²) in [6.45, 7) is 0. The highest BCUT2D eigenvalue weighted by Crippen LogP contribution is 2.50. The normalized spacial score (nSPS) is 12.1. The second-order valence-corrected chi connectivity index (χ2v) is 14.2. The van der Waals surface area contributed by atoms with E-state index in [1.165, 1.54) is 65.5 Å². The number of nitrogens with zero attached hydrogens (tertiary/aromatic N) is 4. The van der Waals surface area contributed by atoms with Crippen molar-refractivity contribution in [1.29, 1.82) is 0 Å². The Morgan fingerprint density at radius 2 is 0.889 bits per heavy atom. The van der Waals surface area contributed by atoms with Crippen molar-refractivity contribution in [2.75, 3.05) is 0 Å². The molecular weight excluding hydrogens is 657 g/mol. The van der Waals surface area contributed by atoms with Crippen LogP contribution in [0.3, 0.4) is 0 Å². The Hall–Kier alpha value is -7.30. The van der Waals surface area contributed by atoms with Crippen molar-refractivity contribution < 1.29 is 0 Å². The van der Waals surface area contributed by atoms with Gasteiger partial charge in [0, 0.05) is 55.2 Å². The smallest absolute Gasteiger partial charge is 0.160 e. The standard InChI is InChI=1S/C50H30N4/c1-2-12-32(13-3-1)48-47-39-19-10-14-31-15-11-20-40(46(31)39)49(47)52-50(51-48)33-24-26-34(27-25-33)53-44-23-9-6-18-38(44)41-30-35(28-29-45(41)53)54-42-21-7-4-16-36(42)37-17-5-8-22-43(37)54/h1-30H. The van der Waals surface area contributed by atoms with E-state index in [4.69, 9.17) is 9.97 Å². The Kier molecular flexibility index (Phi) is 6.02. The maximum absolute atomic E-state index is 5.30. The topological polar surface area (TPSA) is 35.6 Å². The zero-order valence-corrected chi connectivity index (χ0v) is 29.1. The molecule has 0 N–H and O–H groups in total. The van der Waals surface area contributed by atoms with Crippen molar-refractivity contribution in [2.24, 2.45) is 0 Å². The zero-order valence-electron chi connectivity index (χ0n) is 29.1. The van der Waals surface area contributed by atoms with Crippen molar-refractivity contribution in [3.05, 3.63) is 182 Å². The first-order valence-corrected chi connectivity index (χ1v) is 18.4. The summed E-state index contributed by atoms with van der Waals surface area (Å²) in [6, 6.07) is 65.3. The fraction of sp³-hybridized carbons (Fsp3) is 0. The highest BCUT2D eigenvalue weighted by atomic mass is 15.0. The first-order valence-electron chi connectivity index (χ1n) is 18.4. The van der Waals surface area contributed by atoms with Gasteiger partial charge in [-0.05, 0) is 77.0 Å². The van der Waals surface area contributed by atoms with E-state index in [0.29, 0.717) is 0 Å². The summed E-state index contributed by atoms with van der Waals surface area (Å²) in [5.41, 5.74) is 14.5. The van der Waals surface area contributed by atoms with Gasteiger partial charge in [0.25, 0.3) is 0 Å². The van der Waals surface area contributed by atoms with Crippen molar-refractivity contribution in [1.82, 2.24) is 19.1 Å². The molecule has 3 heterocycles. The van der Waals surface area contributed by atoms with Gasteiger partial charge in [0.15, 0.2) is 5.82 Å². The van der Waals surface area contributed by atoms with E-state index in [0.717, 1.165) is 45.3 Å². The van der Waals surface area contributed by atoms with Gasteiger partial charge in [0.2, 0.25) is 0 Å². The van der Waals surface area contributed by atoms with Gasteiger partial charge in [-0.2, -0.15) is 0 Å². The number of hydrogen-bond donors (Lipinski definition) is 0. The minimum absolute atomic E-state index is 0.724. The highest BCUT2D eigenvalue weighted by molar-refractivity contribution is 6.17. The molecule has 0 unspecified atom stereocenters. The summed E-state index contributed by atoms with van der Waals surface area (Å²) in [5.74, 6) is 0.724. The molecule has 0 bridgehead atoms. The maximum atomic E-state index is 5.30. The average molecular weight is 687 g/mol. The summed E-state index contributed by atoms with van der Waals surface area (Å²) in [6.07, 6.45) is 0. The summed E-state index contributed by atoms with van der Waals surface area (Å²) in [7, 11) is 0. The van der Waals surface area contributed by atoms with Crippen LogP contribution in [-0.4, -0.2) is 19.1 Å². The van der Waals surface area contributed by atoms with Crippen molar-refractivity contribution >= 4 is 54.4 Å². The van der Waals surface area contributed by atoms with Crippen LogP contribution in [0, 0.1) is 0 Å². The minimum atomic E-state index is 0.724. The molecule has 8 aromatic carbocycles. The Bertz CT molecular complexity index is 3260. The average Bonchev–Trinajstić information content (AvgIpc) is 3.88. The number of rotatable bonds is 4. The van der Waals surface area contributed by atoms with Crippen LogP contribution in [0.4, 0.5) is 0 Å². The van der Waals surface area contributed by atoms with E-state index in [2.05, 4.69) is 191 Å². The molecule has 3 aromatic heterocycles. The molecular formula is C50H30N4. The van der Waals surface area contributed by atoms with Crippen LogP contribution in [0.5, 0.6) is 0 Å². The second kappa shape index (κ2) is 11.1. The third-order valence-electron chi connectivity index (χ3n) is 11.3. The fourth-order valence-electron chi connectivity index (χ4n) is 8.93. The molecule has 4 heteroatoms. The van der Waals surface area contributed by atoms with Crippen LogP contribution in [0.25, 0.3) is 111 Å². The first kappa shape index (κ1) is 29.3. The number of benzene rings is 8. The molecule has 0 radical (unpaired) electrons. The lowest BCUT2D eigenvalue weighted by Gasteiger charge is -2.13. The monoisotopic (exact) mass is 686 g/mol. The molecule has 4 nitrogen and oxygen atoms in total. The maximum Gasteiger partial charge on any atom is 0.160 e. The Morgan fingerprint density at radius 3 is 1.57 bits per heavy atom. The van der Waals surface area contributed by atoms with Crippen LogP contribution < -0.4 is 0 Å². The Balaban J connectivity index is 1.01. The lowest BCUT2D eigenvalue weighted by Crippen LogP contribution is -1.98. The predicted molar refractivity (Wildman–Crippen MR) is 224 cm³/mol. The van der Waals surface area contributed by atoms with Crippen molar-refractivity contribution in [3.63, 3.8) is 0 Å². The summed E-state index contributed by atoms with van der Waals surface area (Å²) < 4.78 is 4.77. The molecule has 0 aliphatic heterocycles. The molecule has 0 amide bonds. The number of fused-ring (bicyclic) bond motifs is 9. The Labute approximate surface area is 310 Å². The van der Waals surface area contributed by atoms with E-state index < -0.39 is 0 Å². The predicted octanol–water partition coefficient (Wildman–Crippen LogP) is 12.8. The first-order chi connectivity index (χ1) is 26.8. The van der Waals surface area contributed by atoms with E-state index in [1.807, 2.05) is 0 Å². The molecule has 0 saturated heterocycles. The number of para-hydroxylation sites is 3. The van der Waals surface area contributed by atoms with E-state index in [9.17, 15) is 0 Å². The molecule has 11 aromatic rings. The highest BCUT2D eigenvalue weighted by Gasteiger charge is 2.28. The molecule has 12 rings (SSSR count). The van der Waals surface area contributed by atoms with Gasteiger partial charge in [-0.1, -0.05) is 121 Å². The van der Waals surface area contributed by atoms with Gasteiger partial charge >= 0.3 is 0 Å². The summed E-state index contributed by atoms with van der Waals surface area (Å²) in [5, 5.41) is 7.45. The van der Waals surface area contributed by atoms with Gasteiger partial charge in [-0.15, -0.1) is 0 Å². The van der Waals surface area contributed by atoms with Gasteiger partial charge in [0.05, 0.1) is 33.5 Å². The summed E-state index contributed by atoms with van der Waals surface area (Å²) >= 11 is 0. The molecule has 1 aliphatic carbocycles. The van der Waals surface area contributed by atoms with Gasteiger partial charge in [-0.3, -0.25) is 0 Å². The van der Waals surface area contributed by atoms with E-state index >= 15 is 0 Å². The van der Waals surface area contributed by atoms with E-state index in [-0.39, 0.29) is 0 Å². The van der Waals surface area contributed by atoms with Crippen LogP contribution in [-0.2, 0) is 0 Å². The molecule has 0 spiro atoms. The van der Waals surface area contributed by atoms with Crippen LogP contribution >= 0.6 is 0 Å². The second-order valence-electron chi connectivity index (χ2n) is 14.2. The largest absolute Gasteiger partial charge is 0.309 e. The fourth-order valence-corrected chi connectivity index (χ4v) is 8.93. The minimum Gasteiger partial charge on any atom is -0.309 e. The van der Waals surface area contributed by atoms with Crippen molar-refractivity contribution in [3.8, 4) is 56.4 Å². The molecule has 0 saturated carbocycles. The molecule has 250 valence electrons. The van der Waals surface area contributed by atoms with Crippen LogP contribution in [0.2, 0.25) is 0 Å². The van der Waals surface area contributed by atoms with Crippen LogP contribution in [0.1, 0.15) is 0 Å². The van der Waals surface area contributed by atoms with Gasteiger partial charge in [-0.25, -0.2) is 9.97 Å². The molecule has 54 heavy (non-hydrogen) atoms. The number of aromatic nitrogens is 4. The number of hydrogen-bond acceptors (Lipinski definition) is 2. The zero-order chi connectivity index (χ0) is 35.3. The third-order valence-corrected chi connectivity index (χ3v) is 11.3. The quantitative estimate of drug-likeness (QED) is 0.185. The lowest BCUT2D eigenvalue weighted by atomic mass is 9.99. The lowest BCUT2D eigenvalue weighted by molar-refractivity contribution is 1.16. The molecule has 0 fully saturated rings. The summed E-state index contributed by atoms with van der Waals surface area (Å²) in [4.78, 5) is 10.6. The van der Waals surface area contributed by atoms with Crippen LogP contribution in [0.15, 0.2) is 182 Å². The molecule has 1 aliphatic rings. The van der Waals surface area contributed by atoms with Crippen molar-refractivity contribution in [2.45, 2.75) is 0 Å². The van der Waals surface area contributed by atoms with E-state index in [1.54, 1.807) is 0 Å². The third kappa shape index (κ3) is 4.08. The van der Waals surface area contributed by atoms with Gasteiger partial charge in [0.1, 0.15) is 0 Å². The SMILES string of the molecule is c1ccc(-c2nc(-c3ccc(-n4c5ccccc5c5cc(-n6c7ccccc7c7ccccc76)ccc54)cc3)nc3c2-c2cccc4cccc-3c24)cc1.